The van der Waals surface area contributed by atoms with Crippen LogP contribution < -0.4 is 18.9 Å². The predicted molar refractivity (Wildman–Crippen MR) is 55.7 cm³/mol. The van der Waals surface area contributed by atoms with E-state index in [0.29, 0.717) is 28.6 Å². The number of Topliss-reactive ketones (excluding diaryl/α,β-unsaturated/α-hetero) is 1. The monoisotopic (exact) mass is 224 g/mol. The maximum atomic E-state index is 11.4. The molecule has 1 aromatic carbocycles. The van der Waals surface area contributed by atoms with Crippen molar-refractivity contribution in [1.29, 1.82) is 0 Å². The van der Waals surface area contributed by atoms with Gasteiger partial charge in [0.25, 0.3) is 0 Å². The van der Waals surface area contributed by atoms with Crippen molar-refractivity contribution in [3.8, 4) is 23.0 Å². The first-order valence-electron chi connectivity index (χ1n) is 4.74. The van der Waals surface area contributed by atoms with Crippen LogP contribution in [0.1, 0.15) is 17.3 Å². The van der Waals surface area contributed by atoms with Crippen molar-refractivity contribution in [1.82, 2.24) is 0 Å². The fourth-order valence-corrected chi connectivity index (χ4v) is 1.63. The first-order chi connectivity index (χ1) is 7.69. The number of hydrogen-bond acceptors (Lipinski definition) is 5. The number of carbonyl (C=O) groups excluding carboxylic acids is 1. The summed E-state index contributed by atoms with van der Waals surface area (Å²) in [6, 6.07) is 1.59. The summed E-state index contributed by atoms with van der Waals surface area (Å²) < 4.78 is 20.8. The Kier molecular flexibility index (Phi) is 2.60. The molecule has 0 saturated heterocycles. The predicted octanol–water partition coefficient (Wildman–Crippen LogP) is 1.64. The van der Waals surface area contributed by atoms with Crippen molar-refractivity contribution in [3.63, 3.8) is 0 Å². The van der Waals surface area contributed by atoms with Gasteiger partial charge in [-0.2, -0.15) is 0 Å². The fraction of sp³-hybridized carbons (Fsp3) is 0.364. The first kappa shape index (κ1) is 10.6. The first-order valence-corrected chi connectivity index (χ1v) is 4.74. The largest absolute Gasteiger partial charge is 0.493 e. The molecule has 0 fully saturated rings. The molecule has 86 valence electrons. The van der Waals surface area contributed by atoms with Crippen LogP contribution >= 0.6 is 0 Å². The van der Waals surface area contributed by atoms with Gasteiger partial charge >= 0.3 is 0 Å². The lowest BCUT2D eigenvalue weighted by molar-refractivity contribution is 0.101. The highest BCUT2D eigenvalue weighted by atomic mass is 16.7. The Morgan fingerprint density at radius 1 is 1.25 bits per heavy atom. The molecule has 0 radical (unpaired) electrons. The molecule has 1 heterocycles. The van der Waals surface area contributed by atoms with Gasteiger partial charge in [-0.3, -0.25) is 4.79 Å². The van der Waals surface area contributed by atoms with Gasteiger partial charge < -0.3 is 18.9 Å². The third-order valence-corrected chi connectivity index (χ3v) is 2.37. The number of benzene rings is 1. The number of fused-ring (bicyclic) bond motifs is 1. The second kappa shape index (κ2) is 3.92. The Morgan fingerprint density at radius 3 is 2.50 bits per heavy atom. The minimum atomic E-state index is -0.109. The summed E-state index contributed by atoms with van der Waals surface area (Å²) in [5, 5.41) is 0. The molecule has 0 amide bonds. The number of methoxy groups -OCH3 is 2. The summed E-state index contributed by atoms with van der Waals surface area (Å²) in [5.41, 5.74) is 0.435. The highest BCUT2D eigenvalue weighted by molar-refractivity contribution is 5.99. The topological polar surface area (TPSA) is 54.0 Å². The normalized spacial score (nSPS) is 12.4. The van der Waals surface area contributed by atoms with Gasteiger partial charge in [0.2, 0.25) is 18.3 Å². The molecular formula is C11H12O5. The minimum Gasteiger partial charge on any atom is -0.493 e. The lowest BCUT2D eigenvalue weighted by atomic mass is 10.1. The van der Waals surface area contributed by atoms with Gasteiger partial charge in [0, 0.05) is 0 Å². The van der Waals surface area contributed by atoms with Crippen molar-refractivity contribution in [2.75, 3.05) is 21.0 Å². The third-order valence-electron chi connectivity index (χ3n) is 2.37. The van der Waals surface area contributed by atoms with E-state index in [4.69, 9.17) is 18.9 Å². The summed E-state index contributed by atoms with van der Waals surface area (Å²) in [5.74, 6) is 1.64. The Labute approximate surface area is 92.9 Å². The molecule has 0 spiro atoms. The van der Waals surface area contributed by atoms with Crippen LogP contribution in [0.3, 0.4) is 0 Å². The van der Waals surface area contributed by atoms with Crippen LogP contribution in [0.15, 0.2) is 6.07 Å². The molecule has 0 saturated carbocycles. The molecule has 0 bridgehead atoms. The second-order valence-corrected chi connectivity index (χ2v) is 3.28. The molecule has 16 heavy (non-hydrogen) atoms. The molecule has 0 atom stereocenters. The standard InChI is InChI=1S/C11H12O5/c1-6(12)7-4-8(13-2)10(14-3)11-9(7)15-5-16-11/h4H,5H2,1-3H3. The smallest absolute Gasteiger partial charge is 0.231 e. The average Bonchev–Trinajstić information content (AvgIpc) is 2.74. The van der Waals surface area contributed by atoms with Crippen LogP contribution in [0, 0.1) is 0 Å². The summed E-state index contributed by atoms with van der Waals surface area (Å²) in [4.78, 5) is 11.4. The number of carbonyl (C=O) groups is 1. The Hall–Kier alpha value is -1.91. The van der Waals surface area contributed by atoms with Gasteiger partial charge in [-0.15, -0.1) is 0 Å². The number of ether oxygens (including phenoxy) is 4. The van der Waals surface area contributed by atoms with Crippen LogP contribution in [-0.2, 0) is 0 Å². The van der Waals surface area contributed by atoms with Crippen molar-refractivity contribution in [3.05, 3.63) is 11.6 Å². The number of rotatable bonds is 3. The van der Waals surface area contributed by atoms with E-state index < -0.39 is 0 Å². The molecular weight excluding hydrogens is 212 g/mol. The van der Waals surface area contributed by atoms with Gasteiger partial charge in [0.15, 0.2) is 17.3 Å². The van der Waals surface area contributed by atoms with Crippen molar-refractivity contribution in [2.45, 2.75) is 6.92 Å². The van der Waals surface area contributed by atoms with Gasteiger partial charge in [-0.05, 0) is 13.0 Å². The summed E-state index contributed by atoms with van der Waals surface area (Å²) >= 11 is 0. The van der Waals surface area contributed by atoms with Gasteiger partial charge in [-0.1, -0.05) is 0 Å². The van der Waals surface area contributed by atoms with E-state index in [1.54, 1.807) is 6.07 Å². The van der Waals surface area contributed by atoms with Crippen LogP contribution in [0.25, 0.3) is 0 Å². The molecule has 1 aliphatic rings. The Bertz CT molecular complexity index is 438. The highest BCUT2D eigenvalue weighted by Gasteiger charge is 2.28. The SMILES string of the molecule is COc1cc(C(C)=O)c2c(c1OC)OCO2. The molecule has 5 nitrogen and oxygen atoms in total. The molecule has 0 aliphatic carbocycles. The van der Waals surface area contributed by atoms with Crippen molar-refractivity contribution in [2.24, 2.45) is 0 Å². The quantitative estimate of drug-likeness (QED) is 0.730. The van der Waals surface area contributed by atoms with E-state index >= 15 is 0 Å². The van der Waals surface area contributed by atoms with Crippen LogP contribution in [0.5, 0.6) is 23.0 Å². The lowest BCUT2D eigenvalue weighted by Crippen LogP contribution is -1.99. The van der Waals surface area contributed by atoms with Crippen LogP contribution in [-0.4, -0.2) is 26.8 Å². The zero-order valence-corrected chi connectivity index (χ0v) is 9.33. The van der Waals surface area contributed by atoms with Gasteiger partial charge in [-0.25, -0.2) is 0 Å². The van der Waals surface area contributed by atoms with Crippen molar-refractivity contribution >= 4 is 5.78 Å². The average molecular weight is 224 g/mol. The summed E-state index contributed by atoms with van der Waals surface area (Å²) in [7, 11) is 3.01. The summed E-state index contributed by atoms with van der Waals surface area (Å²) in [6.45, 7) is 1.54. The van der Waals surface area contributed by atoms with E-state index in [-0.39, 0.29) is 12.6 Å². The van der Waals surface area contributed by atoms with Gasteiger partial charge in [0.05, 0.1) is 19.8 Å². The van der Waals surface area contributed by atoms with E-state index in [1.807, 2.05) is 0 Å². The van der Waals surface area contributed by atoms with Crippen LogP contribution in [0.2, 0.25) is 0 Å². The molecule has 0 N–H and O–H groups in total. The van der Waals surface area contributed by atoms with Gasteiger partial charge in [0.1, 0.15) is 0 Å². The van der Waals surface area contributed by atoms with E-state index in [9.17, 15) is 4.79 Å². The molecule has 0 unspecified atom stereocenters. The van der Waals surface area contributed by atoms with E-state index in [0.717, 1.165) is 0 Å². The Morgan fingerprint density at radius 2 is 1.94 bits per heavy atom. The number of hydrogen-bond donors (Lipinski definition) is 0. The highest BCUT2D eigenvalue weighted by Crippen LogP contribution is 2.49. The lowest BCUT2D eigenvalue weighted by Gasteiger charge is -2.11. The molecule has 0 aromatic heterocycles. The molecule has 1 aliphatic heterocycles. The summed E-state index contributed by atoms with van der Waals surface area (Å²) in [6.07, 6.45) is 0. The molecule has 5 heteroatoms. The van der Waals surface area contributed by atoms with E-state index in [2.05, 4.69) is 0 Å². The van der Waals surface area contributed by atoms with E-state index in [1.165, 1.54) is 21.1 Å². The fourth-order valence-electron chi connectivity index (χ4n) is 1.63. The maximum Gasteiger partial charge on any atom is 0.231 e. The minimum absolute atomic E-state index is 0.0825. The third kappa shape index (κ3) is 1.44. The molecule has 2 rings (SSSR count). The maximum absolute atomic E-state index is 11.4. The zero-order valence-electron chi connectivity index (χ0n) is 9.33. The van der Waals surface area contributed by atoms with Crippen LogP contribution in [0.4, 0.5) is 0 Å². The molecule has 1 aromatic rings. The number of ketones is 1. The Balaban J connectivity index is 2.67. The second-order valence-electron chi connectivity index (χ2n) is 3.28. The zero-order chi connectivity index (χ0) is 11.7. The van der Waals surface area contributed by atoms with Crippen molar-refractivity contribution < 1.29 is 23.7 Å².